The second-order valence-electron chi connectivity index (χ2n) is 5.02. The Morgan fingerprint density at radius 2 is 2.00 bits per heavy atom. The normalized spacial score (nSPS) is 14.6. The molecule has 2 unspecified atom stereocenters. The zero-order valence-electron chi connectivity index (χ0n) is 11.1. The Morgan fingerprint density at radius 3 is 2.78 bits per heavy atom. The molecule has 1 aromatic carbocycles. The van der Waals surface area contributed by atoms with E-state index in [-0.39, 0.29) is 6.10 Å². The third-order valence-corrected chi connectivity index (χ3v) is 3.57. The quantitative estimate of drug-likeness (QED) is 0.870. The average molecular weight is 243 g/mol. The van der Waals surface area contributed by atoms with Gasteiger partial charge in [0, 0.05) is 11.6 Å². The van der Waals surface area contributed by atoms with Crippen LogP contribution in [0, 0.1) is 5.92 Å². The van der Waals surface area contributed by atoms with Gasteiger partial charge in [0.25, 0.3) is 0 Å². The maximum atomic E-state index is 10.2. The second kappa shape index (κ2) is 5.96. The van der Waals surface area contributed by atoms with E-state index in [9.17, 15) is 5.11 Å². The van der Waals surface area contributed by atoms with Gasteiger partial charge in [0.1, 0.15) is 0 Å². The van der Waals surface area contributed by atoms with Crippen LogP contribution >= 0.6 is 0 Å². The summed E-state index contributed by atoms with van der Waals surface area (Å²) >= 11 is 0. The molecule has 2 rings (SSSR count). The molecule has 0 aliphatic rings. The van der Waals surface area contributed by atoms with Gasteiger partial charge < -0.3 is 5.11 Å². The number of aliphatic hydroxyl groups is 1. The molecule has 0 aliphatic carbocycles. The summed E-state index contributed by atoms with van der Waals surface area (Å²) in [6, 6.07) is 10.1. The van der Waals surface area contributed by atoms with Gasteiger partial charge in [-0.05, 0) is 36.5 Å². The van der Waals surface area contributed by atoms with Crippen molar-refractivity contribution in [1.29, 1.82) is 0 Å². The van der Waals surface area contributed by atoms with Crippen molar-refractivity contribution in [2.45, 2.75) is 39.2 Å². The van der Waals surface area contributed by atoms with E-state index in [0.717, 1.165) is 23.7 Å². The summed E-state index contributed by atoms with van der Waals surface area (Å²) < 4.78 is 0. The number of pyridine rings is 1. The van der Waals surface area contributed by atoms with Gasteiger partial charge in [0.05, 0.1) is 11.6 Å². The first kappa shape index (κ1) is 13.0. The number of rotatable bonds is 5. The maximum Gasteiger partial charge on any atom is 0.0704 e. The Hall–Kier alpha value is -1.41. The van der Waals surface area contributed by atoms with Crippen molar-refractivity contribution in [2.24, 2.45) is 5.92 Å². The Balaban J connectivity index is 2.21. The van der Waals surface area contributed by atoms with Gasteiger partial charge in [0.2, 0.25) is 0 Å². The van der Waals surface area contributed by atoms with Gasteiger partial charge in [-0.25, -0.2) is 0 Å². The highest BCUT2D eigenvalue weighted by atomic mass is 16.3. The minimum atomic E-state index is -0.268. The summed E-state index contributed by atoms with van der Waals surface area (Å²) in [4.78, 5) is 4.35. The van der Waals surface area contributed by atoms with Crippen LogP contribution in [0.3, 0.4) is 0 Å². The van der Waals surface area contributed by atoms with Gasteiger partial charge in [0.15, 0.2) is 0 Å². The fourth-order valence-corrected chi connectivity index (χ4v) is 2.41. The molecule has 96 valence electrons. The third-order valence-electron chi connectivity index (χ3n) is 3.57. The lowest BCUT2D eigenvalue weighted by atomic mass is 9.93. The molecule has 2 atom stereocenters. The van der Waals surface area contributed by atoms with Gasteiger partial charge in [-0.1, -0.05) is 38.5 Å². The third kappa shape index (κ3) is 2.88. The Kier molecular flexibility index (Phi) is 4.32. The number of fused-ring (bicyclic) bond motifs is 1. The van der Waals surface area contributed by atoms with Crippen molar-refractivity contribution in [3.05, 3.63) is 42.1 Å². The number of hydrogen-bond acceptors (Lipinski definition) is 2. The van der Waals surface area contributed by atoms with Crippen molar-refractivity contribution < 1.29 is 5.11 Å². The standard InChI is InChI=1S/C16H21NO/c1-3-6-12(2)16(18)11-13-9-10-17-15-8-5-4-7-14(13)15/h4-5,7-10,12,16,18H,3,6,11H2,1-2H3. The molecule has 18 heavy (non-hydrogen) atoms. The van der Waals surface area contributed by atoms with Crippen LogP contribution in [-0.2, 0) is 6.42 Å². The predicted octanol–water partition coefficient (Wildman–Crippen LogP) is 3.57. The van der Waals surface area contributed by atoms with E-state index in [4.69, 9.17) is 0 Å². The van der Waals surface area contributed by atoms with E-state index in [1.807, 2.05) is 30.5 Å². The number of benzene rings is 1. The maximum absolute atomic E-state index is 10.2. The minimum Gasteiger partial charge on any atom is -0.393 e. The van der Waals surface area contributed by atoms with E-state index in [1.165, 1.54) is 5.56 Å². The summed E-state index contributed by atoms with van der Waals surface area (Å²) in [6.07, 6.45) is 4.47. The van der Waals surface area contributed by atoms with Crippen molar-refractivity contribution in [1.82, 2.24) is 4.98 Å². The minimum absolute atomic E-state index is 0.268. The average Bonchev–Trinajstić information content (AvgIpc) is 2.39. The lowest BCUT2D eigenvalue weighted by Crippen LogP contribution is -2.20. The SMILES string of the molecule is CCCC(C)C(O)Cc1ccnc2ccccc12. The molecule has 0 saturated heterocycles. The molecular formula is C16H21NO. The van der Waals surface area contributed by atoms with Crippen LogP contribution in [0.25, 0.3) is 10.9 Å². The molecule has 0 saturated carbocycles. The first-order valence-electron chi connectivity index (χ1n) is 6.73. The Labute approximate surface area is 109 Å². The molecule has 0 spiro atoms. The van der Waals surface area contributed by atoms with Crippen LogP contribution in [0.2, 0.25) is 0 Å². The van der Waals surface area contributed by atoms with Crippen LogP contribution in [0.1, 0.15) is 32.3 Å². The summed E-state index contributed by atoms with van der Waals surface area (Å²) in [6.45, 7) is 4.28. The van der Waals surface area contributed by atoms with Gasteiger partial charge >= 0.3 is 0 Å². The fraction of sp³-hybridized carbons (Fsp3) is 0.438. The fourth-order valence-electron chi connectivity index (χ4n) is 2.41. The molecule has 1 N–H and O–H groups in total. The highest BCUT2D eigenvalue weighted by Crippen LogP contribution is 2.21. The van der Waals surface area contributed by atoms with Crippen LogP contribution in [-0.4, -0.2) is 16.2 Å². The molecule has 1 heterocycles. The molecule has 0 aliphatic heterocycles. The number of nitrogens with zero attached hydrogens (tertiary/aromatic N) is 1. The molecule has 2 heteroatoms. The van der Waals surface area contributed by atoms with Gasteiger partial charge in [-0.3, -0.25) is 4.98 Å². The molecule has 0 fully saturated rings. The molecule has 0 amide bonds. The number of aromatic nitrogens is 1. The molecule has 0 bridgehead atoms. The molecule has 2 nitrogen and oxygen atoms in total. The van der Waals surface area contributed by atoms with Gasteiger partial charge in [-0.15, -0.1) is 0 Å². The molecule has 2 aromatic rings. The number of para-hydroxylation sites is 1. The highest BCUT2D eigenvalue weighted by molar-refractivity contribution is 5.81. The zero-order chi connectivity index (χ0) is 13.0. The smallest absolute Gasteiger partial charge is 0.0704 e. The highest BCUT2D eigenvalue weighted by Gasteiger charge is 2.15. The van der Waals surface area contributed by atoms with Crippen LogP contribution in [0.15, 0.2) is 36.5 Å². The Morgan fingerprint density at radius 1 is 1.22 bits per heavy atom. The molecule has 0 radical (unpaired) electrons. The van der Waals surface area contributed by atoms with Crippen molar-refractivity contribution in [3.63, 3.8) is 0 Å². The van der Waals surface area contributed by atoms with E-state index in [0.29, 0.717) is 12.3 Å². The first-order valence-corrected chi connectivity index (χ1v) is 6.73. The van der Waals surface area contributed by atoms with Gasteiger partial charge in [-0.2, -0.15) is 0 Å². The van der Waals surface area contributed by atoms with Crippen molar-refractivity contribution in [3.8, 4) is 0 Å². The molecular weight excluding hydrogens is 222 g/mol. The van der Waals surface area contributed by atoms with Crippen LogP contribution < -0.4 is 0 Å². The van der Waals surface area contributed by atoms with E-state index >= 15 is 0 Å². The summed E-state index contributed by atoms with van der Waals surface area (Å²) in [5, 5.41) is 11.4. The van der Waals surface area contributed by atoms with E-state index < -0.39 is 0 Å². The summed E-state index contributed by atoms with van der Waals surface area (Å²) in [7, 11) is 0. The number of aliphatic hydroxyl groups excluding tert-OH is 1. The monoisotopic (exact) mass is 243 g/mol. The lowest BCUT2D eigenvalue weighted by molar-refractivity contribution is 0.112. The van der Waals surface area contributed by atoms with Crippen LogP contribution in [0.5, 0.6) is 0 Å². The van der Waals surface area contributed by atoms with E-state index in [2.05, 4.69) is 24.9 Å². The summed E-state index contributed by atoms with van der Waals surface area (Å²) in [5.41, 5.74) is 2.20. The summed E-state index contributed by atoms with van der Waals surface area (Å²) in [5.74, 6) is 0.349. The lowest BCUT2D eigenvalue weighted by Gasteiger charge is -2.18. The largest absolute Gasteiger partial charge is 0.393 e. The topological polar surface area (TPSA) is 33.1 Å². The van der Waals surface area contributed by atoms with Crippen molar-refractivity contribution >= 4 is 10.9 Å². The zero-order valence-corrected chi connectivity index (χ0v) is 11.1. The first-order chi connectivity index (χ1) is 8.72. The number of hydrogen-bond donors (Lipinski definition) is 1. The second-order valence-corrected chi connectivity index (χ2v) is 5.02. The van der Waals surface area contributed by atoms with E-state index in [1.54, 1.807) is 0 Å². The predicted molar refractivity (Wildman–Crippen MR) is 75.5 cm³/mol. The molecule has 1 aromatic heterocycles. The van der Waals surface area contributed by atoms with Crippen molar-refractivity contribution in [2.75, 3.05) is 0 Å². The Bertz CT molecular complexity index is 504. The van der Waals surface area contributed by atoms with Crippen LogP contribution in [0.4, 0.5) is 0 Å².